The predicted molar refractivity (Wildman–Crippen MR) is 166 cm³/mol. The highest BCUT2D eigenvalue weighted by molar-refractivity contribution is 9.09. The number of hydrogen-bond donors (Lipinski definition) is 3. The van der Waals surface area contributed by atoms with Crippen LogP contribution in [0.15, 0.2) is 91.0 Å². The lowest BCUT2D eigenvalue weighted by molar-refractivity contribution is 0.962. The molecule has 6 heteroatoms. The highest BCUT2D eigenvalue weighted by atomic mass is 79.9. The van der Waals surface area contributed by atoms with E-state index in [9.17, 15) is 0 Å². The van der Waals surface area contributed by atoms with E-state index in [1.807, 2.05) is 18.2 Å². The first-order chi connectivity index (χ1) is 17.7. The summed E-state index contributed by atoms with van der Waals surface area (Å²) < 4.78 is 0. The van der Waals surface area contributed by atoms with Gasteiger partial charge in [0.15, 0.2) is 0 Å². The minimum absolute atomic E-state index is 0.755. The number of nitrogens with one attached hydrogen (secondary N) is 3. The van der Waals surface area contributed by atoms with E-state index in [4.69, 9.17) is 0 Å². The van der Waals surface area contributed by atoms with E-state index in [0.717, 1.165) is 52.7 Å². The predicted octanol–water partition coefficient (Wildman–Crippen LogP) is 9.21. The summed E-state index contributed by atoms with van der Waals surface area (Å²) in [5, 5.41) is 13.3. The van der Waals surface area contributed by atoms with Crippen LogP contribution in [-0.4, -0.2) is 0 Å². The van der Waals surface area contributed by atoms with Crippen molar-refractivity contribution in [2.45, 2.75) is 35.6 Å². The monoisotopic (exact) mass is 669 g/mol. The fourth-order valence-electron chi connectivity index (χ4n) is 4.46. The molecule has 4 aromatic carbocycles. The molecule has 0 fully saturated rings. The van der Waals surface area contributed by atoms with Gasteiger partial charge in [-0.15, -0.1) is 0 Å². The Bertz CT molecular complexity index is 1060. The number of rotatable bonds is 12. The Hall–Kier alpha value is -2.28. The van der Waals surface area contributed by atoms with Gasteiger partial charge in [-0.25, -0.2) is 0 Å². The lowest BCUT2D eigenvalue weighted by Gasteiger charge is -2.26. The third-order valence-corrected chi connectivity index (χ3v) is 8.00. The highest BCUT2D eigenvalue weighted by Crippen LogP contribution is 2.35. The number of alkyl halides is 3. The van der Waals surface area contributed by atoms with Crippen LogP contribution >= 0.6 is 47.8 Å². The second-order valence-electron chi connectivity index (χ2n) is 8.43. The van der Waals surface area contributed by atoms with Gasteiger partial charge < -0.3 is 16.0 Å². The van der Waals surface area contributed by atoms with Crippen molar-refractivity contribution >= 4 is 64.9 Å². The molecule has 0 saturated heterocycles. The highest BCUT2D eigenvalue weighted by Gasteiger charge is 2.22. The summed E-state index contributed by atoms with van der Waals surface area (Å²) in [7, 11) is 0. The van der Waals surface area contributed by atoms with Crippen molar-refractivity contribution in [2.24, 2.45) is 0 Å². The molecule has 4 aromatic rings. The summed E-state index contributed by atoms with van der Waals surface area (Å²) in [4.78, 5) is 0. The SMILES string of the molecule is BrCc1c(CNc2ccccc2)c(CBr)c(CNc2ccccc2)c(CBr)c1CNc1ccccc1. The second-order valence-corrected chi connectivity index (χ2v) is 10.1. The smallest absolute Gasteiger partial charge is 0.0407 e. The first kappa shape index (κ1) is 26.8. The molecular formula is C30H30Br3N3. The van der Waals surface area contributed by atoms with Crippen LogP contribution in [0.1, 0.15) is 33.4 Å². The fraction of sp³-hybridized carbons (Fsp3) is 0.200. The van der Waals surface area contributed by atoms with E-state index in [-0.39, 0.29) is 0 Å². The van der Waals surface area contributed by atoms with E-state index in [0.29, 0.717) is 0 Å². The maximum atomic E-state index is 3.84. The summed E-state index contributed by atoms with van der Waals surface area (Å²) >= 11 is 11.5. The molecule has 0 atom stereocenters. The van der Waals surface area contributed by atoms with Crippen molar-refractivity contribution in [2.75, 3.05) is 16.0 Å². The Morgan fingerprint density at radius 3 is 0.833 bits per heavy atom. The van der Waals surface area contributed by atoms with Crippen LogP contribution in [0.4, 0.5) is 17.1 Å². The number of hydrogen-bond acceptors (Lipinski definition) is 3. The van der Waals surface area contributed by atoms with Crippen molar-refractivity contribution in [3.63, 3.8) is 0 Å². The normalized spacial score (nSPS) is 10.8. The lowest BCUT2D eigenvalue weighted by atomic mass is 9.87. The quantitative estimate of drug-likeness (QED) is 0.132. The summed E-state index contributed by atoms with van der Waals surface area (Å²) in [5.74, 6) is 0. The van der Waals surface area contributed by atoms with Crippen LogP contribution in [0.25, 0.3) is 0 Å². The van der Waals surface area contributed by atoms with Gasteiger partial charge in [0.1, 0.15) is 0 Å². The molecule has 0 aliphatic rings. The molecule has 0 aromatic heterocycles. The molecule has 0 spiro atoms. The van der Waals surface area contributed by atoms with Crippen molar-refractivity contribution in [1.29, 1.82) is 0 Å². The zero-order valence-electron chi connectivity index (χ0n) is 20.0. The average molecular weight is 672 g/mol. The van der Waals surface area contributed by atoms with Crippen LogP contribution < -0.4 is 16.0 Å². The topological polar surface area (TPSA) is 36.1 Å². The van der Waals surface area contributed by atoms with Gasteiger partial charge in [-0.05, 0) is 69.8 Å². The van der Waals surface area contributed by atoms with Crippen LogP contribution in [0.5, 0.6) is 0 Å². The number of para-hydroxylation sites is 3. The molecule has 0 heterocycles. The largest absolute Gasteiger partial charge is 0.381 e. The maximum Gasteiger partial charge on any atom is 0.0407 e. The molecule has 36 heavy (non-hydrogen) atoms. The molecule has 3 N–H and O–H groups in total. The third-order valence-electron chi connectivity index (χ3n) is 6.32. The van der Waals surface area contributed by atoms with E-state index in [1.165, 1.54) is 33.4 Å². The van der Waals surface area contributed by atoms with Crippen molar-refractivity contribution < 1.29 is 0 Å². The summed E-state index contributed by atoms with van der Waals surface area (Å²) in [6.07, 6.45) is 0. The van der Waals surface area contributed by atoms with Crippen LogP contribution in [0.2, 0.25) is 0 Å². The molecule has 0 unspecified atom stereocenters. The Morgan fingerprint density at radius 2 is 0.611 bits per heavy atom. The van der Waals surface area contributed by atoms with Gasteiger partial charge in [-0.3, -0.25) is 0 Å². The molecule has 0 aliphatic carbocycles. The minimum Gasteiger partial charge on any atom is -0.381 e. The van der Waals surface area contributed by atoms with Gasteiger partial charge in [0.25, 0.3) is 0 Å². The standard InChI is InChI=1S/C30H30Br3N3/c31-16-25-28(19-34-22-10-4-1-5-11-22)26(17-32)30(21-36-24-14-8-3-9-15-24)27(18-33)29(25)20-35-23-12-6-2-7-13-23/h1-15,34-36H,16-21H2. The van der Waals surface area contributed by atoms with Crippen molar-refractivity contribution in [3.8, 4) is 0 Å². The summed E-state index contributed by atoms with van der Waals surface area (Å²) in [6, 6.07) is 31.2. The molecule has 0 saturated carbocycles. The summed E-state index contributed by atoms with van der Waals surface area (Å²) in [5.41, 5.74) is 11.4. The molecule has 0 amide bonds. The average Bonchev–Trinajstić information content (AvgIpc) is 2.94. The maximum absolute atomic E-state index is 3.84. The van der Waals surface area contributed by atoms with Gasteiger partial charge in [-0.1, -0.05) is 102 Å². The number of anilines is 3. The zero-order valence-corrected chi connectivity index (χ0v) is 24.8. The van der Waals surface area contributed by atoms with E-state index in [2.05, 4.69) is 137 Å². The first-order valence-electron chi connectivity index (χ1n) is 12.0. The Morgan fingerprint density at radius 1 is 0.361 bits per heavy atom. The molecular weight excluding hydrogens is 642 g/mol. The van der Waals surface area contributed by atoms with Crippen LogP contribution in [-0.2, 0) is 35.6 Å². The summed E-state index contributed by atoms with van der Waals surface area (Å²) in [6.45, 7) is 2.27. The molecule has 0 bridgehead atoms. The molecule has 4 rings (SSSR count). The second kappa shape index (κ2) is 13.9. The molecule has 0 radical (unpaired) electrons. The lowest BCUT2D eigenvalue weighted by Crippen LogP contribution is -2.18. The van der Waals surface area contributed by atoms with E-state index >= 15 is 0 Å². The molecule has 3 nitrogen and oxygen atoms in total. The molecule has 0 aliphatic heterocycles. The Balaban J connectivity index is 1.77. The van der Waals surface area contributed by atoms with Crippen molar-refractivity contribution in [3.05, 3.63) is 124 Å². The Kier molecular flexibility index (Phi) is 10.3. The van der Waals surface area contributed by atoms with Gasteiger partial charge in [0.05, 0.1) is 0 Å². The van der Waals surface area contributed by atoms with Crippen LogP contribution in [0, 0.1) is 0 Å². The number of halogens is 3. The molecule has 186 valence electrons. The van der Waals surface area contributed by atoms with Gasteiger partial charge in [0.2, 0.25) is 0 Å². The minimum atomic E-state index is 0.755. The zero-order chi connectivity index (χ0) is 25.2. The van der Waals surface area contributed by atoms with E-state index in [1.54, 1.807) is 0 Å². The fourth-order valence-corrected chi connectivity index (χ4v) is 6.49. The van der Waals surface area contributed by atoms with Crippen LogP contribution in [0.3, 0.4) is 0 Å². The number of benzene rings is 4. The Labute approximate surface area is 239 Å². The van der Waals surface area contributed by atoms with E-state index < -0.39 is 0 Å². The van der Waals surface area contributed by atoms with Gasteiger partial charge in [0, 0.05) is 52.7 Å². The third kappa shape index (κ3) is 6.72. The van der Waals surface area contributed by atoms with Crippen molar-refractivity contribution in [1.82, 2.24) is 0 Å². The van der Waals surface area contributed by atoms with Gasteiger partial charge >= 0.3 is 0 Å². The first-order valence-corrected chi connectivity index (χ1v) is 15.3. The van der Waals surface area contributed by atoms with Gasteiger partial charge in [-0.2, -0.15) is 0 Å².